The summed E-state index contributed by atoms with van der Waals surface area (Å²) >= 11 is 0. The van der Waals surface area contributed by atoms with Crippen molar-refractivity contribution in [3.05, 3.63) is 36.0 Å². The number of fused-ring (bicyclic) bond motifs is 1. The van der Waals surface area contributed by atoms with E-state index >= 15 is 0 Å². The molecule has 2 aliphatic rings. The number of aromatic nitrogens is 2. The van der Waals surface area contributed by atoms with Crippen LogP contribution in [-0.4, -0.2) is 54.9 Å². The SMILES string of the molecule is CN1CCN(c2ccnc(NCc3ccc4c(c3)OCO4)n2)CC1. The number of likely N-dealkylation sites (N-methyl/N-ethyl adjacent to an activating group) is 1. The molecule has 1 N–H and O–H groups in total. The Morgan fingerprint density at radius 1 is 1.08 bits per heavy atom. The summed E-state index contributed by atoms with van der Waals surface area (Å²) in [6, 6.07) is 7.91. The smallest absolute Gasteiger partial charge is 0.231 e. The van der Waals surface area contributed by atoms with Crippen LogP contribution in [0.25, 0.3) is 0 Å². The Morgan fingerprint density at radius 2 is 1.92 bits per heavy atom. The molecule has 1 saturated heterocycles. The second-order valence-electron chi connectivity index (χ2n) is 6.07. The summed E-state index contributed by atoms with van der Waals surface area (Å²) in [6.07, 6.45) is 1.81. The van der Waals surface area contributed by atoms with Crippen LogP contribution in [0.2, 0.25) is 0 Å². The molecule has 1 aromatic heterocycles. The van der Waals surface area contributed by atoms with Crippen molar-refractivity contribution in [2.45, 2.75) is 6.54 Å². The third-order valence-corrected chi connectivity index (χ3v) is 4.36. The standard InChI is InChI=1S/C17H21N5O2/c1-21-6-8-22(9-7-21)16-4-5-18-17(20-16)19-11-13-2-3-14-15(10-13)24-12-23-14/h2-5,10H,6-9,11-12H2,1H3,(H,18,19,20). The third kappa shape index (κ3) is 3.21. The van der Waals surface area contributed by atoms with Crippen molar-refractivity contribution < 1.29 is 9.47 Å². The van der Waals surface area contributed by atoms with Gasteiger partial charge in [0.25, 0.3) is 0 Å². The van der Waals surface area contributed by atoms with Gasteiger partial charge < -0.3 is 24.6 Å². The molecule has 0 unspecified atom stereocenters. The largest absolute Gasteiger partial charge is 0.454 e. The average molecular weight is 327 g/mol. The van der Waals surface area contributed by atoms with Crippen molar-refractivity contribution in [3.63, 3.8) is 0 Å². The second-order valence-corrected chi connectivity index (χ2v) is 6.07. The van der Waals surface area contributed by atoms with Crippen LogP contribution in [-0.2, 0) is 6.54 Å². The molecule has 0 bridgehead atoms. The van der Waals surface area contributed by atoms with Gasteiger partial charge in [-0.1, -0.05) is 6.07 Å². The van der Waals surface area contributed by atoms with Crippen LogP contribution in [0, 0.1) is 0 Å². The first-order valence-corrected chi connectivity index (χ1v) is 8.17. The first-order chi connectivity index (χ1) is 11.8. The molecule has 7 heteroatoms. The minimum absolute atomic E-state index is 0.294. The summed E-state index contributed by atoms with van der Waals surface area (Å²) in [5.74, 6) is 3.21. The van der Waals surface area contributed by atoms with Crippen molar-refractivity contribution in [2.75, 3.05) is 50.2 Å². The van der Waals surface area contributed by atoms with Gasteiger partial charge in [-0.25, -0.2) is 4.98 Å². The second kappa shape index (κ2) is 6.52. The fraction of sp³-hybridized carbons (Fsp3) is 0.412. The number of nitrogens with zero attached hydrogens (tertiary/aromatic N) is 4. The average Bonchev–Trinajstić information content (AvgIpc) is 3.08. The molecular weight excluding hydrogens is 306 g/mol. The fourth-order valence-corrected chi connectivity index (χ4v) is 2.88. The summed E-state index contributed by atoms with van der Waals surface area (Å²) in [4.78, 5) is 13.6. The van der Waals surface area contributed by atoms with Gasteiger partial charge in [-0.2, -0.15) is 4.98 Å². The van der Waals surface area contributed by atoms with Gasteiger partial charge >= 0.3 is 0 Å². The van der Waals surface area contributed by atoms with E-state index in [4.69, 9.17) is 9.47 Å². The Balaban J connectivity index is 1.41. The van der Waals surface area contributed by atoms with Crippen LogP contribution in [0.15, 0.2) is 30.5 Å². The molecule has 2 aromatic rings. The van der Waals surface area contributed by atoms with Gasteiger partial charge in [0, 0.05) is 38.9 Å². The van der Waals surface area contributed by atoms with Crippen molar-refractivity contribution >= 4 is 11.8 Å². The van der Waals surface area contributed by atoms with Crippen LogP contribution in [0.5, 0.6) is 11.5 Å². The van der Waals surface area contributed by atoms with E-state index in [1.54, 1.807) is 0 Å². The van der Waals surface area contributed by atoms with Gasteiger partial charge in [-0.3, -0.25) is 0 Å². The van der Waals surface area contributed by atoms with E-state index in [1.807, 2.05) is 30.5 Å². The molecule has 0 spiro atoms. The van der Waals surface area contributed by atoms with E-state index in [0.717, 1.165) is 49.1 Å². The minimum Gasteiger partial charge on any atom is -0.454 e. The highest BCUT2D eigenvalue weighted by molar-refractivity contribution is 5.46. The predicted molar refractivity (Wildman–Crippen MR) is 91.6 cm³/mol. The number of benzene rings is 1. The number of hydrogen-bond donors (Lipinski definition) is 1. The Hall–Kier alpha value is -2.54. The molecule has 1 fully saturated rings. The number of hydrogen-bond acceptors (Lipinski definition) is 7. The number of nitrogens with one attached hydrogen (secondary N) is 1. The lowest BCUT2D eigenvalue weighted by Crippen LogP contribution is -2.44. The number of anilines is 2. The quantitative estimate of drug-likeness (QED) is 0.914. The molecule has 3 heterocycles. The van der Waals surface area contributed by atoms with Gasteiger partial charge in [-0.15, -0.1) is 0 Å². The lowest BCUT2D eigenvalue weighted by Gasteiger charge is -2.33. The van der Waals surface area contributed by atoms with Crippen molar-refractivity contribution in [3.8, 4) is 11.5 Å². The lowest BCUT2D eigenvalue weighted by molar-refractivity contribution is 0.174. The topological polar surface area (TPSA) is 62.8 Å². The zero-order valence-electron chi connectivity index (χ0n) is 13.7. The number of rotatable bonds is 4. The zero-order valence-corrected chi connectivity index (χ0v) is 13.7. The van der Waals surface area contributed by atoms with E-state index in [0.29, 0.717) is 19.3 Å². The molecular formula is C17H21N5O2. The van der Waals surface area contributed by atoms with E-state index in [1.165, 1.54) is 0 Å². The maximum absolute atomic E-state index is 5.41. The normalized spacial score (nSPS) is 17.1. The molecule has 126 valence electrons. The first kappa shape index (κ1) is 15.0. The van der Waals surface area contributed by atoms with Crippen LogP contribution < -0.4 is 19.7 Å². The Kier molecular flexibility index (Phi) is 4.08. The molecule has 0 aliphatic carbocycles. The fourth-order valence-electron chi connectivity index (χ4n) is 2.88. The highest BCUT2D eigenvalue weighted by Crippen LogP contribution is 2.32. The minimum atomic E-state index is 0.294. The summed E-state index contributed by atoms with van der Waals surface area (Å²) in [7, 11) is 2.15. The van der Waals surface area contributed by atoms with Crippen LogP contribution in [0.4, 0.5) is 11.8 Å². The van der Waals surface area contributed by atoms with Crippen LogP contribution in [0.3, 0.4) is 0 Å². The van der Waals surface area contributed by atoms with Crippen molar-refractivity contribution in [1.29, 1.82) is 0 Å². The maximum Gasteiger partial charge on any atom is 0.231 e. The summed E-state index contributed by atoms with van der Waals surface area (Å²) < 4.78 is 10.7. The molecule has 0 atom stereocenters. The Bertz CT molecular complexity index is 716. The predicted octanol–water partition coefficient (Wildman–Crippen LogP) is 1.57. The van der Waals surface area contributed by atoms with Gasteiger partial charge in [0.15, 0.2) is 11.5 Å². The summed E-state index contributed by atoms with van der Waals surface area (Å²) in [5, 5.41) is 3.28. The molecule has 2 aliphatic heterocycles. The summed E-state index contributed by atoms with van der Waals surface area (Å²) in [6.45, 7) is 5.05. The molecule has 7 nitrogen and oxygen atoms in total. The van der Waals surface area contributed by atoms with E-state index in [9.17, 15) is 0 Å². The Labute approximate surface area is 141 Å². The molecule has 0 amide bonds. The Morgan fingerprint density at radius 3 is 2.79 bits per heavy atom. The molecule has 0 saturated carbocycles. The molecule has 24 heavy (non-hydrogen) atoms. The van der Waals surface area contributed by atoms with E-state index in [-0.39, 0.29) is 0 Å². The third-order valence-electron chi connectivity index (χ3n) is 4.36. The lowest BCUT2D eigenvalue weighted by atomic mass is 10.2. The number of piperazine rings is 1. The van der Waals surface area contributed by atoms with Crippen LogP contribution in [0.1, 0.15) is 5.56 Å². The van der Waals surface area contributed by atoms with Gasteiger partial charge in [0.1, 0.15) is 5.82 Å². The van der Waals surface area contributed by atoms with Crippen molar-refractivity contribution in [1.82, 2.24) is 14.9 Å². The number of ether oxygens (including phenoxy) is 2. The summed E-state index contributed by atoms with van der Waals surface area (Å²) in [5.41, 5.74) is 1.10. The highest BCUT2D eigenvalue weighted by Gasteiger charge is 2.16. The maximum atomic E-state index is 5.41. The van der Waals surface area contributed by atoms with Gasteiger partial charge in [0.2, 0.25) is 12.7 Å². The van der Waals surface area contributed by atoms with E-state index < -0.39 is 0 Å². The zero-order chi connectivity index (χ0) is 16.4. The van der Waals surface area contributed by atoms with Gasteiger partial charge in [-0.05, 0) is 30.8 Å². The van der Waals surface area contributed by atoms with Crippen LogP contribution >= 0.6 is 0 Å². The van der Waals surface area contributed by atoms with E-state index in [2.05, 4.69) is 32.1 Å². The molecule has 0 radical (unpaired) electrons. The molecule has 4 rings (SSSR count). The highest BCUT2D eigenvalue weighted by atomic mass is 16.7. The first-order valence-electron chi connectivity index (χ1n) is 8.17. The van der Waals surface area contributed by atoms with Gasteiger partial charge in [0.05, 0.1) is 0 Å². The van der Waals surface area contributed by atoms with Crippen molar-refractivity contribution in [2.24, 2.45) is 0 Å². The molecule has 1 aromatic carbocycles. The monoisotopic (exact) mass is 327 g/mol.